The fourth-order valence-corrected chi connectivity index (χ4v) is 3.97. The average molecular weight is 306 g/mol. The Kier molecular flexibility index (Phi) is 2.88. The van der Waals surface area contributed by atoms with Crippen molar-refractivity contribution in [1.82, 2.24) is 0 Å². The maximum absolute atomic E-state index is 9.88. The van der Waals surface area contributed by atoms with E-state index in [1.165, 1.54) is 37.7 Å². The maximum atomic E-state index is 9.88. The predicted octanol–water partition coefficient (Wildman–Crippen LogP) is 4.27. The molecule has 0 aliphatic carbocycles. The third-order valence-electron chi connectivity index (χ3n) is 5.00. The highest BCUT2D eigenvalue weighted by Crippen LogP contribution is 2.37. The monoisotopic (exact) mass is 306 g/mol. The highest BCUT2D eigenvalue weighted by Gasteiger charge is 2.13. The SMILES string of the molecule is OBc1cc2c3ccccc3c3ccccc3c2c2ccccc12. The van der Waals surface area contributed by atoms with Gasteiger partial charge in [-0.2, -0.15) is 0 Å². The van der Waals surface area contributed by atoms with E-state index in [1.807, 2.05) is 6.07 Å². The lowest BCUT2D eigenvalue weighted by atomic mass is 9.80. The molecule has 0 bridgehead atoms. The summed E-state index contributed by atoms with van der Waals surface area (Å²) in [4.78, 5) is 0. The molecule has 0 unspecified atom stereocenters. The molecule has 5 aromatic carbocycles. The Balaban J connectivity index is 2.22. The first kappa shape index (κ1) is 13.6. The zero-order chi connectivity index (χ0) is 16.1. The van der Waals surface area contributed by atoms with Gasteiger partial charge in [0, 0.05) is 0 Å². The van der Waals surface area contributed by atoms with E-state index >= 15 is 0 Å². The second-order valence-electron chi connectivity index (χ2n) is 6.25. The van der Waals surface area contributed by atoms with Gasteiger partial charge >= 0.3 is 7.48 Å². The van der Waals surface area contributed by atoms with Crippen LogP contribution in [0.3, 0.4) is 0 Å². The van der Waals surface area contributed by atoms with Crippen molar-refractivity contribution in [1.29, 1.82) is 0 Å². The van der Waals surface area contributed by atoms with E-state index in [-0.39, 0.29) is 7.48 Å². The summed E-state index contributed by atoms with van der Waals surface area (Å²) in [7, 11) is 0.0532. The van der Waals surface area contributed by atoms with Crippen molar-refractivity contribution < 1.29 is 5.02 Å². The van der Waals surface area contributed by atoms with E-state index < -0.39 is 0 Å². The van der Waals surface area contributed by atoms with Gasteiger partial charge in [0.25, 0.3) is 0 Å². The molecule has 0 saturated heterocycles. The van der Waals surface area contributed by atoms with E-state index in [2.05, 4.69) is 72.8 Å². The molecule has 0 saturated carbocycles. The van der Waals surface area contributed by atoms with E-state index in [0.29, 0.717) is 0 Å². The van der Waals surface area contributed by atoms with Crippen molar-refractivity contribution in [3.63, 3.8) is 0 Å². The van der Waals surface area contributed by atoms with Gasteiger partial charge in [-0.3, -0.25) is 0 Å². The molecule has 0 aromatic heterocycles. The smallest absolute Gasteiger partial charge is 0.305 e. The highest BCUT2D eigenvalue weighted by atomic mass is 16.2. The van der Waals surface area contributed by atoms with Gasteiger partial charge in [-0.15, -0.1) is 0 Å². The number of rotatable bonds is 1. The molecule has 0 heterocycles. The number of hydrogen-bond acceptors (Lipinski definition) is 1. The molecule has 0 radical (unpaired) electrons. The molecule has 5 rings (SSSR count). The molecule has 0 aliphatic heterocycles. The molecule has 5 aromatic rings. The van der Waals surface area contributed by atoms with E-state index in [4.69, 9.17) is 0 Å². The molecular weight excluding hydrogens is 291 g/mol. The van der Waals surface area contributed by atoms with Gasteiger partial charge in [-0.1, -0.05) is 78.9 Å². The zero-order valence-electron chi connectivity index (χ0n) is 13.2. The lowest BCUT2D eigenvalue weighted by molar-refractivity contribution is 0.616. The van der Waals surface area contributed by atoms with Crippen LogP contribution in [0.1, 0.15) is 0 Å². The molecule has 1 N–H and O–H groups in total. The molecule has 0 aliphatic rings. The van der Waals surface area contributed by atoms with E-state index in [9.17, 15) is 5.02 Å². The summed E-state index contributed by atoms with van der Waals surface area (Å²) in [5, 5.41) is 19.8. The van der Waals surface area contributed by atoms with Crippen LogP contribution in [0.25, 0.3) is 43.1 Å². The Morgan fingerprint density at radius 1 is 0.500 bits per heavy atom. The standard InChI is InChI=1S/C22H15BO/c24-23-21-13-20-16-9-2-1-7-14(16)15-8-3-5-11-18(15)22(20)19-12-6-4-10-17(19)21/h1-13,23-24H. The fourth-order valence-electron chi connectivity index (χ4n) is 3.97. The summed E-state index contributed by atoms with van der Waals surface area (Å²) >= 11 is 0. The average Bonchev–Trinajstić information content (AvgIpc) is 2.67. The molecule has 0 atom stereocenters. The summed E-state index contributed by atoms with van der Waals surface area (Å²) in [6, 6.07) is 27.7. The van der Waals surface area contributed by atoms with Crippen molar-refractivity contribution in [2.45, 2.75) is 0 Å². The van der Waals surface area contributed by atoms with Gasteiger partial charge in [0.1, 0.15) is 0 Å². The van der Waals surface area contributed by atoms with Crippen molar-refractivity contribution >= 4 is 56.0 Å². The van der Waals surface area contributed by atoms with Crippen LogP contribution >= 0.6 is 0 Å². The Labute approximate surface area is 140 Å². The summed E-state index contributed by atoms with van der Waals surface area (Å²) < 4.78 is 0. The van der Waals surface area contributed by atoms with Crippen molar-refractivity contribution in [2.24, 2.45) is 0 Å². The van der Waals surface area contributed by atoms with Gasteiger partial charge in [0.15, 0.2) is 0 Å². The van der Waals surface area contributed by atoms with Crippen LogP contribution in [0.5, 0.6) is 0 Å². The molecule has 112 valence electrons. The first-order chi connectivity index (χ1) is 11.9. The minimum Gasteiger partial charge on any atom is -0.449 e. The van der Waals surface area contributed by atoms with Gasteiger partial charge in [0.2, 0.25) is 0 Å². The molecule has 2 heteroatoms. The van der Waals surface area contributed by atoms with Gasteiger partial charge in [0.05, 0.1) is 0 Å². The Hall–Kier alpha value is -2.84. The van der Waals surface area contributed by atoms with E-state index in [0.717, 1.165) is 10.8 Å². The van der Waals surface area contributed by atoms with Crippen LogP contribution in [0, 0.1) is 0 Å². The molecule has 24 heavy (non-hydrogen) atoms. The lowest BCUT2D eigenvalue weighted by Crippen LogP contribution is -2.14. The second kappa shape index (κ2) is 5.08. The number of fused-ring (bicyclic) bond motifs is 8. The number of benzene rings is 5. The fraction of sp³-hybridized carbons (Fsp3) is 0. The Morgan fingerprint density at radius 3 is 1.50 bits per heavy atom. The van der Waals surface area contributed by atoms with Crippen LogP contribution in [0.15, 0.2) is 78.9 Å². The molecule has 1 nitrogen and oxygen atoms in total. The minimum atomic E-state index is 0.0532. The third kappa shape index (κ3) is 1.75. The van der Waals surface area contributed by atoms with Crippen LogP contribution in [0.2, 0.25) is 0 Å². The molecule has 0 fully saturated rings. The van der Waals surface area contributed by atoms with Crippen molar-refractivity contribution in [3.05, 3.63) is 78.9 Å². The first-order valence-electron chi connectivity index (χ1n) is 8.23. The van der Waals surface area contributed by atoms with Crippen LogP contribution in [-0.4, -0.2) is 12.5 Å². The summed E-state index contributed by atoms with van der Waals surface area (Å²) in [5.41, 5.74) is 0.985. The summed E-state index contributed by atoms with van der Waals surface area (Å²) in [6.45, 7) is 0. The lowest BCUT2D eigenvalue weighted by Gasteiger charge is -2.14. The van der Waals surface area contributed by atoms with Gasteiger partial charge in [-0.25, -0.2) is 0 Å². The summed E-state index contributed by atoms with van der Waals surface area (Å²) in [5.74, 6) is 0. The van der Waals surface area contributed by atoms with Crippen LogP contribution < -0.4 is 5.46 Å². The Morgan fingerprint density at radius 2 is 0.917 bits per heavy atom. The topological polar surface area (TPSA) is 20.2 Å². The molecular formula is C22H15BO. The quantitative estimate of drug-likeness (QED) is 0.362. The molecule has 0 amide bonds. The molecule has 0 spiro atoms. The normalized spacial score (nSPS) is 11.5. The predicted molar refractivity (Wildman–Crippen MR) is 105 cm³/mol. The second-order valence-corrected chi connectivity index (χ2v) is 6.25. The Bertz CT molecular complexity index is 1240. The van der Waals surface area contributed by atoms with Crippen LogP contribution in [-0.2, 0) is 0 Å². The maximum Gasteiger partial charge on any atom is 0.305 e. The largest absolute Gasteiger partial charge is 0.449 e. The van der Waals surface area contributed by atoms with Crippen molar-refractivity contribution in [3.8, 4) is 0 Å². The van der Waals surface area contributed by atoms with Gasteiger partial charge < -0.3 is 5.02 Å². The van der Waals surface area contributed by atoms with E-state index in [1.54, 1.807) is 0 Å². The zero-order valence-corrected chi connectivity index (χ0v) is 13.2. The summed E-state index contributed by atoms with van der Waals surface area (Å²) in [6.07, 6.45) is 0. The minimum absolute atomic E-state index is 0.0532. The highest BCUT2D eigenvalue weighted by molar-refractivity contribution is 6.52. The van der Waals surface area contributed by atoms with Crippen molar-refractivity contribution in [2.75, 3.05) is 0 Å². The van der Waals surface area contributed by atoms with Gasteiger partial charge in [-0.05, 0) is 48.6 Å². The third-order valence-corrected chi connectivity index (χ3v) is 5.00. The number of hydrogen-bond donors (Lipinski definition) is 1. The first-order valence-corrected chi connectivity index (χ1v) is 8.23. The van der Waals surface area contributed by atoms with Crippen LogP contribution in [0.4, 0.5) is 0 Å².